The van der Waals surface area contributed by atoms with Crippen LogP contribution in [0.1, 0.15) is 11.1 Å². The van der Waals surface area contributed by atoms with Crippen LogP contribution in [0.25, 0.3) is 0 Å². The smallest absolute Gasteiger partial charge is 0.150 e. The first-order chi connectivity index (χ1) is 8.16. The van der Waals surface area contributed by atoms with Crippen molar-refractivity contribution in [2.75, 3.05) is 0 Å². The Balaban J connectivity index is 2.48. The van der Waals surface area contributed by atoms with Crippen molar-refractivity contribution in [3.63, 3.8) is 0 Å². The normalized spacial score (nSPS) is 12.8. The molecule has 0 aliphatic rings. The lowest BCUT2D eigenvalue weighted by Gasteiger charge is -2.14. The zero-order valence-corrected chi connectivity index (χ0v) is 15.4. The Kier molecular flexibility index (Phi) is 5.97. The molecule has 0 bridgehead atoms. The lowest BCUT2D eigenvalue weighted by Crippen LogP contribution is -2.17. The number of hydrogen-bond donors (Lipinski definition) is 0. The summed E-state index contributed by atoms with van der Waals surface area (Å²) in [7, 11) is -2.87. The van der Waals surface area contributed by atoms with Crippen molar-refractivity contribution in [3.8, 4) is 0 Å². The molecule has 1 rings (SSSR count). The van der Waals surface area contributed by atoms with E-state index in [2.05, 4.69) is 50.5 Å². The third-order valence-electron chi connectivity index (χ3n) is 3.04. The van der Waals surface area contributed by atoms with E-state index in [1.807, 2.05) is 0 Å². The van der Waals surface area contributed by atoms with Crippen LogP contribution in [0.15, 0.2) is 24.3 Å². The second kappa shape index (κ2) is 6.60. The van der Waals surface area contributed by atoms with Gasteiger partial charge < -0.3 is 0 Å². The zero-order valence-electron chi connectivity index (χ0n) is 11.9. The van der Waals surface area contributed by atoms with Gasteiger partial charge in [-0.1, -0.05) is 50.5 Å². The topological polar surface area (TPSA) is 0 Å². The largest absolute Gasteiger partial charge is 0.168 e. The van der Waals surface area contributed by atoms with Gasteiger partial charge in [0.25, 0.3) is 0 Å². The molecular formula is C14H24Cl2Si2. The van der Waals surface area contributed by atoms with Gasteiger partial charge in [0.1, 0.15) is 0 Å². The summed E-state index contributed by atoms with van der Waals surface area (Å²) in [5, 5.41) is 0. The molecule has 0 spiro atoms. The number of halogens is 2. The van der Waals surface area contributed by atoms with Gasteiger partial charge in [-0.15, -0.1) is 0 Å². The van der Waals surface area contributed by atoms with Crippen LogP contribution in [0.3, 0.4) is 0 Å². The molecule has 0 amide bonds. The lowest BCUT2D eigenvalue weighted by molar-refractivity contribution is 1.07. The van der Waals surface area contributed by atoms with Gasteiger partial charge in [-0.3, -0.25) is 0 Å². The molecular weight excluding hydrogens is 295 g/mol. The molecule has 0 atom stereocenters. The molecule has 0 saturated heterocycles. The predicted molar refractivity (Wildman–Crippen MR) is 90.1 cm³/mol. The zero-order chi connectivity index (χ0) is 13.8. The van der Waals surface area contributed by atoms with Crippen molar-refractivity contribution in [1.29, 1.82) is 0 Å². The number of benzene rings is 1. The fourth-order valence-corrected chi connectivity index (χ4v) is 4.09. The molecule has 0 nitrogen and oxygen atoms in total. The van der Waals surface area contributed by atoms with Crippen LogP contribution >= 0.6 is 22.2 Å². The Morgan fingerprint density at radius 2 is 1.00 bits per heavy atom. The molecule has 0 N–H and O–H groups in total. The van der Waals surface area contributed by atoms with Crippen molar-refractivity contribution in [3.05, 3.63) is 35.4 Å². The Morgan fingerprint density at radius 3 is 1.22 bits per heavy atom. The molecule has 18 heavy (non-hydrogen) atoms. The van der Waals surface area contributed by atoms with Crippen LogP contribution in [-0.4, -0.2) is 14.8 Å². The molecule has 0 saturated carbocycles. The maximum atomic E-state index is 6.34. The van der Waals surface area contributed by atoms with E-state index in [0.717, 1.165) is 24.9 Å². The standard InChI is InChI=1S/C14H24Cl2Si2/c1-17(2,15)11-9-13-5-7-14(8-6-13)10-12-18(3,4)16/h5-8H,9-12H2,1-4H3. The first-order valence-corrected chi connectivity index (χ1v) is 15.1. The highest BCUT2D eigenvalue weighted by Crippen LogP contribution is 2.20. The summed E-state index contributed by atoms with van der Waals surface area (Å²) >= 11 is 12.7. The molecule has 102 valence electrons. The van der Waals surface area contributed by atoms with Crippen molar-refractivity contribution < 1.29 is 0 Å². The van der Waals surface area contributed by atoms with E-state index in [1.54, 1.807) is 0 Å². The molecule has 0 radical (unpaired) electrons. The van der Waals surface area contributed by atoms with Gasteiger partial charge in [-0.25, -0.2) is 0 Å². The van der Waals surface area contributed by atoms with Gasteiger partial charge >= 0.3 is 0 Å². The number of aryl methyl sites for hydroxylation is 2. The van der Waals surface area contributed by atoms with Crippen LogP contribution < -0.4 is 0 Å². The molecule has 0 aliphatic heterocycles. The molecule has 1 aromatic carbocycles. The quantitative estimate of drug-likeness (QED) is 0.469. The Hall–Kier alpha value is 0.234. The molecule has 0 fully saturated rings. The predicted octanol–water partition coefficient (Wildman–Crippen LogP) is 5.66. The summed E-state index contributed by atoms with van der Waals surface area (Å²) < 4.78 is 0. The van der Waals surface area contributed by atoms with Gasteiger partial charge in [0.2, 0.25) is 0 Å². The summed E-state index contributed by atoms with van der Waals surface area (Å²) in [6.45, 7) is 8.82. The highest BCUT2D eigenvalue weighted by Gasteiger charge is 2.17. The molecule has 0 aromatic heterocycles. The van der Waals surface area contributed by atoms with Crippen LogP contribution in [0.4, 0.5) is 0 Å². The Labute approximate surface area is 123 Å². The monoisotopic (exact) mass is 318 g/mol. The van der Waals surface area contributed by atoms with Crippen molar-refractivity contribution in [2.45, 2.75) is 51.1 Å². The molecule has 0 aliphatic carbocycles. The first kappa shape index (κ1) is 16.3. The van der Waals surface area contributed by atoms with Gasteiger partial charge in [-0.05, 0) is 36.1 Å². The SMILES string of the molecule is C[Si](C)(Cl)CCc1ccc(CC[Si](C)(C)Cl)cc1. The number of hydrogen-bond acceptors (Lipinski definition) is 0. The minimum Gasteiger partial charge on any atom is -0.168 e. The van der Waals surface area contributed by atoms with Crippen LogP contribution in [-0.2, 0) is 12.8 Å². The van der Waals surface area contributed by atoms with E-state index >= 15 is 0 Å². The van der Waals surface area contributed by atoms with Gasteiger partial charge in [-0.2, -0.15) is 22.2 Å². The van der Waals surface area contributed by atoms with E-state index in [4.69, 9.17) is 22.2 Å². The summed E-state index contributed by atoms with van der Waals surface area (Å²) in [4.78, 5) is 0. The minimum absolute atomic E-state index is 1.11. The lowest BCUT2D eigenvalue weighted by atomic mass is 10.1. The van der Waals surface area contributed by atoms with Gasteiger partial charge in [0.05, 0.1) is 0 Å². The van der Waals surface area contributed by atoms with Crippen LogP contribution in [0.2, 0.25) is 38.3 Å². The fraction of sp³-hybridized carbons (Fsp3) is 0.571. The van der Waals surface area contributed by atoms with E-state index in [9.17, 15) is 0 Å². The third-order valence-corrected chi connectivity index (χ3v) is 7.05. The highest BCUT2D eigenvalue weighted by molar-refractivity contribution is 7.19. The minimum atomic E-state index is -1.43. The fourth-order valence-electron chi connectivity index (χ4n) is 1.76. The maximum Gasteiger partial charge on any atom is 0.150 e. The van der Waals surface area contributed by atoms with Crippen LogP contribution in [0, 0.1) is 0 Å². The second-order valence-electron chi connectivity index (χ2n) is 6.25. The van der Waals surface area contributed by atoms with E-state index in [0.29, 0.717) is 0 Å². The molecule has 0 unspecified atom stereocenters. The molecule has 4 heteroatoms. The summed E-state index contributed by atoms with van der Waals surface area (Å²) in [6, 6.07) is 11.3. The Bertz CT molecular complexity index is 324. The summed E-state index contributed by atoms with van der Waals surface area (Å²) in [5.74, 6) is 0. The van der Waals surface area contributed by atoms with Crippen molar-refractivity contribution in [2.24, 2.45) is 0 Å². The molecule has 0 heterocycles. The van der Waals surface area contributed by atoms with Gasteiger partial charge in [0, 0.05) is 0 Å². The van der Waals surface area contributed by atoms with Crippen LogP contribution in [0.5, 0.6) is 0 Å². The maximum absolute atomic E-state index is 6.34. The van der Waals surface area contributed by atoms with E-state index < -0.39 is 14.8 Å². The van der Waals surface area contributed by atoms with Gasteiger partial charge in [0.15, 0.2) is 14.8 Å². The summed E-state index contributed by atoms with van der Waals surface area (Å²) in [5.41, 5.74) is 2.81. The second-order valence-corrected chi connectivity index (χ2v) is 20.3. The first-order valence-electron chi connectivity index (χ1n) is 6.61. The average Bonchev–Trinajstić information content (AvgIpc) is 2.23. The number of rotatable bonds is 6. The molecule has 1 aromatic rings. The third kappa shape index (κ3) is 7.62. The van der Waals surface area contributed by atoms with Crippen molar-refractivity contribution in [1.82, 2.24) is 0 Å². The Morgan fingerprint density at radius 1 is 0.722 bits per heavy atom. The van der Waals surface area contributed by atoms with Crippen molar-refractivity contribution >= 4 is 36.9 Å². The summed E-state index contributed by atoms with van der Waals surface area (Å²) in [6.07, 6.45) is 2.22. The van der Waals surface area contributed by atoms with E-state index in [-0.39, 0.29) is 0 Å². The average molecular weight is 319 g/mol. The highest BCUT2D eigenvalue weighted by atomic mass is 35.6. The van der Waals surface area contributed by atoms with E-state index in [1.165, 1.54) is 11.1 Å².